The zero-order valence-corrected chi connectivity index (χ0v) is 25.2. The number of sulfonamides is 1. The summed E-state index contributed by atoms with van der Waals surface area (Å²) in [5.41, 5.74) is 4.08. The van der Waals surface area contributed by atoms with E-state index in [4.69, 9.17) is 0 Å². The number of hydrogen-bond donors (Lipinski definition) is 1. The zero-order chi connectivity index (χ0) is 29.4. The molecule has 0 bridgehead atoms. The van der Waals surface area contributed by atoms with Crippen LogP contribution < -0.4 is 9.62 Å². The highest BCUT2D eigenvalue weighted by Crippen LogP contribution is 2.28. The largest absolute Gasteiger partial charge is 0.352 e. The monoisotopic (exact) mass is 563 g/mol. The van der Waals surface area contributed by atoms with Gasteiger partial charge in [0, 0.05) is 12.6 Å². The van der Waals surface area contributed by atoms with E-state index in [1.54, 1.807) is 43.3 Å². The van der Waals surface area contributed by atoms with Gasteiger partial charge in [-0.05, 0) is 69.9 Å². The van der Waals surface area contributed by atoms with Crippen LogP contribution in [-0.2, 0) is 32.6 Å². The Kier molecular flexibility index (Phi) is 10.5. The quantitative estimate of drug-likeness (QED) is 0.320. The topological polar surface area (TPSA) is 86.8 Å². The SMILES string of the molecule is CCc1ccccc1N(CC(=O)N(Cc1cccc(C)c1)[C@H](C)C(=O)N[C@H](C)CC)S(=O)(=O)c1ccc(C)cc1. The molecule has 0 saturated heterocycles. The number of hydrogen-bond acceptors (Lipinski definition) is 4. The summed E-state index contributed by atoms with van der Waals surface area (Å²) in [5.74, 6) is -0.743. The third kappa shape index (κ3) is 7.50. The lowest BCUT2D eigenvalue weighted by Crippen LogP contribution is -2.52. The first-order valence-electron chi connectivity index (χ1n) is 13.8. The number of benzene rings is 3. The number of amides is 2. The average Bonchev–Trinajstić information content (AvgIpc) is 2.94. The molecule has 7 nitrogen and oxygen atoms in total. The van der Waals surface area contributed by atoms with Gasteiger partial charge in [0.2, 0.25) is 11.8 Å². The molecule has 0 aliphatic rings. The zero-order valence-electron chi connectivity index (χ0n) is 24.3. The van der Waals surface area contributed by atoms with E-state index in [0.717, 1.165) is 28.7 Å². The predicted octanol–water partition coefficient (Wildman–Crippen LogP) is 5.39. The van der Waals surface area contributed by atoms with Crippen molar-refractivity contribution in [2.45, 2.75) is 77.9 Å². The summed E-state index contributed by atoms with van der Waals surface area (Å²) in [7, 11) is -4.10. The Morgan fingerprint density at radius 3 is 2.17 bits per heavy atom. The lowest BCUT2D eigenvalue weighted by molar-refractivity contribution is -0.139. The number of rotatable bonds is 12. The predicted molar refractivity (Wildman–Crippen MR) is 161 cm³/mol. The van der Waals surface area contributed by atoms with Crippen molar-refractivity contribution in [2.24, 2.45) is 0 Å². The summed E-state index contributed by atoms with van der Waals surface area (Å²) < 4.78 is 29.3. The summed E-state index contributed by atoms with van der Waals surface area (Å²) in [6.07, 6.45) is 1.34. The van der Waals surface area contributed by atoms with E-state index < -0.39 is 28.5 Å². The normalized spacial score (nSPS) is 12.8. The van der Waals surface area contributed by atoms with Crippen LogP contribution in [0, 0.1) is 13.8 Å². The number of nitrogens with one attached hydrogen (secondary N) is 1. The Balaban J connectivity index is 2.06. The van der Waals surface area contributed by atoms with E-state index in [2.05, 4.69) is 5.32 Å². The van der Waals surface area contributed by atoms with Crippen molar-refractivity contribution in [1.82, 2.24) is 10.2 Å². The van der Waals surface area contributed by atoms with Crippen LogP contribution in [0.1, 0.15) is 56.4 Å². The third-order valence-electron chi connectivity index (χ3n) is 7.13. The second-order valence-electron chi connectivity index (χ2n) is 10.3. The van der Waals surface area contributed by atoms with Crippen molar-refractivity contribution in [2.75, 3.05) is 10.8 Å². The molecule has 0 saturated carbocycles. The van der Waals surface area contributed by atoms with Crippen LogP contribution in [0.3, 0.4) is 0 Å². The molecule has 3 rings (SSSR count). The van der Waals surface area contributed by atoms with Crippen LogP contribution in [0.4, 0.5) is 5.69 Å². The van der Waals surface area contributed by atoms with E-state index in [1.807, 2.05) is 71.0 Å². The summed E-state index contributed by atoms with van der Waals surface area (Å²) in [4.78, 5) is 28.8. The van der Waals surface area contributed by atoms with Gasteiger partial charge in [0.25, 0.3) is 10.0 Å². The van der Waals surface area contributed by atoms with Gasteiger partial charge in [-0.3, -0.25) is 13.9 Å². The van der Waals surface area contributed by atoms with Gasteiger partial charge >= 0.3 is 0 Å². The first kappa shape index (κ1) is 30.9. The number of anilines is 1. The van der Waals surface area contributed by atoms with Crippen molar-refractivity contribution in [1.29, 1.82) is 0 Å². The van der Waals surface area contributed by atoms with E-state index in [9.17, 15) is 18.0 Å². The first-order valence-corrected chi connectivity index (χ1v) is 15.2. The molecular formula is C32H41N3O4S. The average molecular weight is 564 g/mol. The highest BCUT2D eigenvalue weighted by molar-refractivity contribution is 7.92. The van der Waals surface area contributed by atoms with Crippen molar-refractivity contribution in [3.8, 4) is 0 Å². The summed E-state index contributed by atoms with van der Waals surface area (Å²) in [6, 6.07) is 20.7. The van der Waals surface area contributed by atoms with Gasteiger partial charge in [0.1, 0.15) is 12.6 Å². The molecule has 0 unspecified atom stereocenters. The molecule has 2 amide bonds. The molecule has 8 heteroatoms. The van der Waals surface area contributed by atoms with Crippen molar-refractivity contribution in [3.63, 3.8) is 0 Å². The molecular weight excluding hydrogens is 522 g/mol. The maximum absolute atomic E-state index is 14.1. The Hall–Kier alpha value is -3.65. The maximum atomic E-state index is 14.1. The van der Waals surface area contributed by atoms with Gasteiger partial charge in [-0.25, -0.2) is 8.42 Å². The van der Waals surface area contributed by atoms with Crippen LogP contribution >= 0.6 is 0 Å². The minimum Gasteiger partial charge on any atom is -0.352 e. The molecule has 1 N–H and O–H groups in total. The molecule has 0 spiro atoms. The summed E-state index contributed by atoms with van der Waals surface area (Å²) >= 11 is 0. The van der Waals surface area contributed by atoms with Crippen LogP contribution in [-0.4, -0.2) is 43.8 Å². The molecule has 0 fully saturated rings. The summed E-state index contributed by atoms with van der Waals surface area (Å²) in [5, 5.41) is 2.96. The Bertz CT molecular complexity index is 1420. The molecule has 40 heavy (non-hydrogen) atoms. The maximum Gasteiger partial charge on any atom is 0.264 e. The van der Waals surface area contributed by atoms with Crippen LogP contribution in [0.5, 0.6) is 0 Å². The molecule has 0 aliphatic heterocycles. The minimum absolute atomic E-state index is 0.0549. The fraction of sp³-hybridized carbons (Fsp3) is 0.375. The Morgan fingerprint density at radius 1 is 0.875 bits per heavy atom. The second-order valence-corrected chi connectivity index (χ2v) is 12.2. The highest BCUT2D eigenvalue weighted by atomic mass is 32.2. The van der Waals surface area contributed by atoms with Crippen LogP contribution in [0.2, 0.25) is 0 Å². The van der Waals surface area contributed by atoms with Crippen LogP contribution in [0.25, 0.3) is 0 Å². The van der Waals surface area contributed by atoms with E-state index >= 15 is 0 Å². The molecule has 3 aromatic rings. The standard InChI is InChI=1S/C32H41N3O4S/c1-7-25(5)33-32(37)26(6)34(21-27-13-11-12-24(4)20-27)31(36)22-35(30-15-10-9-14-28(30)8-2)40(38,39)29-18-16-23(3)17-19-29/h9-20,25-26H,7-8,21-22H2,1-6H3,(H,33,37)/t25-,26-/m1/s1. The van der Waals surface area contributed by atoms with Gasteiger partial charge in [-0.2, -0.15) is 0 Å². The van der Waals surface area contributed by atoms with Gasteiger partial charge in [0.05, 0.1) is 10.6 Å². The lowest BCUT2D eigenvalue weighted by atomic mass is 10.1. The number of aryl methyl sites for hydroxylation is 3. The van der Waals surface area contributed by atoms with Gasteiger partial charge < -0.3 is 10.2 Å². The van der Waals surface area contributed by atoms with Crippen molar-refractivity contribution < 1.29 is 18.0 Å². The molecule has 214 valence electrons. The smallest absolute Gasteiger partial charge is 0.264 e. The van der Waals surface area contributed by atoms with Crippen molar-refractivity contribution >= 4 is 27.5 Å². The van der Waals surface area contributed by atoms with E-state index in [1.165, 1.54) is 9.21 Å². The van der Waals surface area contributed by atoms with Gasteiger partial charge in [-0.1, -0.05) is 79.6 Å². The fourth-order valence-electron chi connectivity index (χ4n) is 4.46. The van der Waals surface area contributed by atoms with Gasteiger partial charge in [0.15, 0.2) is 0 Å². The first-order chi connectivity index (χ1) is 19.0. The van der Waals surface area contributed by atoms with Gasteiger partial charge in [-0.15, -0.1) is 0 Å². The van der Waals surface area contributed by atoms with E-state index in [-0.39, 0.29) is 23.4 Å². The molecule has 3 aromatic carbocycles. The summed E-state index contributed by atoms with van der Waals surface area (Å²) in [6.45, 7) is 11.1. The third-order valence-corrected chi connectivity index (χ3v) is 8.91. The number of para-hydroxylation sites is 1. The van der Waals surface area contributed by atoms with E-state index in [0.29, 0.717) is 12.1 Å². The Labute approximate surface area is 239 Å². The Morgan fingerprint density at radius 2 is 1.55 bits per heavy atom. The number of carbonyl (C=O) groups excluding carboxylic acids is 2. The lowest BCUT2D eigenvalue weighted by Gasteiger charge is -2.33. The fourth-order valence-corrected chi connectivity index (χ4v) is 5.91. The molecule has 2 atom stereocenters. The number of nitrogens with zero attached hydrogens (tertiary/aromatic N) is 2. The van der Waals surface area contributed by atoms with Crippen molar-refractivity contribution in [3.05, 3.63) is 95.1 Å². The molecule has 0 radical (unpaired) electrons. The second kappa shape index (κ2) is 13.6. The number of carbonyl (C=O) groups is 2. The minimum atomic E-state index is -4.10. The molecule has 0 heterocycles. The van der Waals surface area contributed by atoms with Crippen LogP contribution in [0.15, 0.2) is 77.7 Å². The molecule has 0 aromatic heterocycles. The molecule has 0 aliphatic carbocycles. The highest BCUT2D eigenvalue weighted by Gasteiger charge is 2.33.